The second-order valence-corrected chi connectivity index (χ2v) is 2.75. The standard InChI is InChI=1S/C3H5NO.C3H3NO.C2H3NOS/c2*1-2-5-3-4-1;1-2-4-5-3-1/h3H,1-2H2;2*1-3H. The Morgan fingerprint density at radius 2 is 2.40 bits per heavy atom. The smallest absolute Gasteiger partial charge is 0.180 e. The molecule has 0 aromatic carbocycles. The number of rotatable bonds is 0. The number of hydrogen-bond donors (Lipinski definition) is 1. The zero-order chi connectivity index (χ0) is 10.6. The van der Waals surface area contributed by atoms with Gasteiger partial charge in [-0.3, -0.25) is 4.99 Å². The molecule has 0 saturated heterocycles. The van der Waals surface area contributed by atoms with E-state index in [0.717, 1.165) is 13.2 Å². The predicted molar refractivity (Wildman–Crippen MR) is 56.8 cm³/mol. The van der Waals surface area contributed by atoms with Crippen LogP contribution in [0, 0.1) is 0 Å². The number of ether oxygens (including phenoxy) is 1. The van der Waals surface area contributed by atoms with Crippen LogP contribution in [0.2, 0.25) is 0 Å². The van der Waals surface area contributed by atoms with Crippen LogP contribution < -0.4 is 4.72 Å². The van der Waals surface area contributed by atoms with Crippen molar-refractivity contribution in [1.82, 2.24) is 9.71 Å². The van der Waals surface area contributed by atoms with Gasteiger partial charge in [0.25, 0.3) is 0 Å². The van der Waals surface area contributed by atoms with Crippen molar-refractivity contribution in [2.45, 2.75) is 0 Å². The Labute approximate surface area is 91.7 Å². The van der Waals surface area contributed by atoms with Crippen LogP contribution in [-0.2, 0) is 8.92 Å². The summed E-state index contributed by atoms with van der Waals surface area (Å²) in [4.78, 5) is 7.29. The van der Waals surface area contributed by atoms with Crippen LogP contribution in [0.25, 0.3) is 0 Å². The molecule has 15 heavy (non-hydrogen) atoms. The summed E-state index contributed by atoms with van der Waals surface area (Å²) in [6, 6.07) is 0. The molecule has 1 aromatic rings. The molecule has 7 heteroatoms. The Morgan fingerprint density at radius 3 is 2.60 bits per heavy atom. The van der Waals surface area contributed by atoms with E-state index >= 15 is 0 Å². The number of nitrogens with zero attached hydrogens (tertiary/aromatic N) is 2. The van der Waals surface area contributed by atoms with E-state index in [1.807, 2.05) is 0 Å². The molecular formula is C8H11N3O3S. The highest BCUT2D eigenvalue weighted by Gasteiger charge is 1.84. The van der Waals surface area contributed by atoms with Crippen LogP contribution in [0.15, 0.2) is 40.7 Å². The summed E-state index contributed by atoms with van der Waals surface area (Å²) in [6.45, 7) is 1.62. The number of aromatic nitrogens is 1. The fourth-order valence-electron chi connectivity index (χ4n) is 0.578. The predicted octanol–water partition coefficient (Wildman–Crippen LogP) is 1.36. The molecule has 0 saturated carbocycles. The van der Waals surface area contributed by atoms with Crippen molar-refractivity contribution < 1.29 is 13.3 Å². The second kappa shape index (κ2) is 8.95. The molecule has 2 aliphatic heterocycles. The zero-order valence-corrected chi connectivity index (χ0v) is 8.72. The average Bonchev–Trinajstić information content (AvgIpc) is 3.09. The summed E-state index contributed by atoms with van der Waals surface area (Å²) < 4.78 is 16.4. The Bertz CT molecular complexity index is 231. The summed E-state index contributed by atoms with van der Waals surface area (Å²) >= 11 is 1.21. The van der Waals surface area contributed by atoms with Gasteiger partial charge in [0.15, 0.2) is 25.0 Å². The van der Waals surface area contributed by atoms with Gasteiger partial charge in [-0.15, -0.1) is 0 Å². The van der Waals surface area contributed by atoms with Gasteiger partial charge in [0.2, 0.25) is 0 Å². The van der Waals surface area contributed by atoms with E-state index in [-0.39, 0.29) is 0 Å². The fraction of sp³-hybridized carbons (Fsp3) is 0.250. The Morgan fingerprint density at radius 1 is 1.40 bits per heavy atom. The molecule has 1 aromatic heterocycles. The molecule has 82 valence electrons. The van der Waals surface area contributed by atoms with Crippen molar-refractivity contribution in [3.63, 3.8) is 0 Å². The highest BCUT2D eigenvalue weighted by molar-refractivity contribution is 7.93. The molecule has 3 rings (SSSR count). The van der Waals surface area contributed by atoms with Crippen molar-refractivity contribution in [2.75, 3.05) is 13.2 Å². The third-order valence-corrected chi connectivity index (χ3v) is 1.56. The minimum atomic E-state index is 0.778. The van der Waals surface area contributed by atoms with Crippen LogP contribution in [0.5, 0.6) is 0 Å². The highest BCUT2D eigenvalue weighted by atomic mass is 32.2. The molecule has 2 aliphatic rings. The molecule has 0 radical (unpaired) electrons. The molecule has 0 atom stereocenters. The van der Waals surface area contributed by atoms with Crippen LogP contribution >= 0.6 is 12.2 Å². The molecule has 3 heterocycles. The van der Waals surface area contributed by atoms with Gasteiger partial charge >= 0.3 is 0 Å². The minimum Gasteiger partial charge on any atom is -0.482 e. The Balaban J connectivity index is 0.000000112. The van der Waals surface area contributed by atoms with Gasteiger partial charge in [0.05, 0.1) is 12.7 Å². The maximum Gasteiger partial charge on any atom is 0.180 e. The lowest BCUT2D eigenvalue weighted by atomic mass is 10.8. The number of hydrogen-bond acceptors (Lipinski definition) is 7. The van der Waals surface area contributed by atoms with E-state index in [0.29, 0.717) is 0 Å². The Kier molecular flexibility index (Phi) is 6.83. The third-order valence-electron chi connectivity index (χ3n) is 1.12. The van der Waals surface area contributed by atoms with Crippen LogP contribution in [0.3, 0.4) is 0 Å². The van der Waals surface area contributed by atoms with Gasteiger partial charge in [-0.1, -0.05) is 0 Å². The zero-order valence-electron chi connectivity index (χ0n) is 7.91. The van der Waals surface area contributed by atoms with Gasteiger partial charge in [0.1, 0.15) is 19.1 Å². The number of oxazole rings is 1. The van der Waals surface area contributed by atoms with Crippen LogP contribution in [0.4, 0.5) is 0 Å². The molecule has 0 amide bonds. The molecule has 0 fully saturated rings. The monoisotopic (exact) mass is 229 g/mol. The molecule has 6 nitrogen and oxygen atoms in total. The van der Waals surface area contributed by atoms with Crippen molar-refractivity contribution in [2.24, 2.45) is 4.99 Å². The molecule has 0 aliphatic carbocycles. The van der Waals surface area contributed by atoms with Crippen molar-refractivity contribution >= 4 is 18.6 Å². The first-order valence-corrected chi connectivity index (χ1v) is 4.89. The maximum absolute atomic E-state index is 4.65. The van der Waals surface area contributed by atoms with E-state index in [1.54, 1.807) is 18.7 Å². The summed E-state index contributed by atoms with van der Waals surface area (Å²) in [5.74, 6) is 0. The molecule has 1 N–H and O–H groups in total. The molecule has 0 bridgehead atoms. The summed E-state index contributed by atoms with van der Waals surface area (Å²) in [6.07, 6.45) is 9.27. The lowest BCUT2D eigenvalue weighted by molar-refractivity contribution is 0.361. The van der Waals surface area contributed by atoms with Crippen LogP contribution in [0.1, 0.15) is 0 Å². The van der Waals surface area contributed by atoms with Crippen LogP contribution in [-0.4, -0.2) is 24.5 Å². The first-order valence-electron chi connectivity index (χ1n) is 4.15. The number of nitrogens with one attached hydrogen (secondary N) is 1. The number of aliphatic imine (C=N–C) groups is 1. The molecule has 0 spiro atoms. The van der Waals surface area contributed by atoms with E-state index in [4.69, 9.17) is 0 Å². The molecular weight excluding hydrogens is 218 g/mol. The SMILES string of the molecule is C1=COSN1.C1=NCCO1.c1cocn1. The van der Waals surface area contributed by atoms with E-state index in [2.05, 4.69) is 28.0 Å². The minimum absolute atomic E-state index is 0.778. The normalized spacial score (nSPS) is 14.9. The van der Waals surface area contributed by atoms with Gasteiger partial charge in [0, 0.05) is 6.20 Å². The topological polar surface area (TPSA) is 68.9 Å². The van der Waals surface area contributed by atoms with E-state index in [9.17, 15) is 0 Å². The van der Waals surface area contributed by atoms with Gasteiger partial charge < -0.3 is 18.1 Å². The fourth-order valence-corrected chi connectivity index (χ4v) is 0.856. The second-order valence-electron chi connectivity index (χ2n) is 2.16. The Hall–Kier alpha value is -1.63. The largest absolute Gasteiger partial charge is 0.482 e. The molecule has 0 unspecified atom stereocenters. The van der Waals surface area contributed by atoms with Crippen molar-refractivity contribution in [3.8, 4) is 0 Å². The van der Waals surface area contributed by atoms with Gasteiger partial charge in [-0.2, -0.15) is 0 Å². The van der Waals surface area contributed by atoms with E-state index < -0.39 is 0 Å². The summed E-state index contributed by atoms with van der Waals surface area (Å²) in [5.41, 5.74) is 0. The lowest BCUT2D eigenvalue weighted by Gasteiger charge is -1.77. The third kappa shape index (κ3) is 7.44. The highest BCUT2D eigenvalue weighted by Crippen LogP contribution is 2.01. The van der Waals surface area contributed by atoms with Gasteiger partial charge in [-0.25, -0.2) is 4.98 Å². The van der Waals surface area contributed by atoms with Crippen molar-refractivity contribution in [3.05, 3.63) is 31.3 Å². The van der Waals surface area contributed by atoms with Crippen molar-refractivity contribution in [1.29, 1.82) is 0 Å². The van der Waals surface area contributed by atoms with Gasteiger partial charge in [-0.05, 0) is 0 Å². The van der Waals surface area contributed by atoms with E-state index in [1.165, 1.54) is 31.3 Å². The quantitative estimate of drug-likeness (QED) is 0.535. The summed E-state index contributed by atoms with van der Waals surface area (Å²) in [7, 11) is 0. The first kappa shape index (κ1) is 11.4. The average molecular weight is 229 g/mol. The summed E-state index contributed by atoms with van der Waals surface area (Å²) in [5, 5.41) is 0. The maximum atomic E-state index is 4.65. The first-order chi connectivity index (χ1) is 7.50. The lowest BCUT2D eigenvalue weighted by Crippen LogP contribution is -1.80.